The van der Waals surface area contributed by atoms with Crippen LogP contribution in [-0.4, -0.2) is 5.11 Å². The molecular formula is C17H16O. The number of hydrogen-bond donors (Lipinski definition) is 1. The predicted octanol–water partition coefficient (Wildman–Crippen LogP) is 3.62. The predicted molar refractivity (Wildman–Crippen MR) is 75.1 cm³/mol. The van der Waals surface area contributed by atoms with Gasteiger partial charge in [-0.25, -0.2) is 0 Å². The van der Waals surface area contributed by atoms with E-state index in [2.05, 4.69) is 24.3 Å². The van der Waals surface area contributed by atoms with Gasteiger partial charge in [-0.05, 0) is 29.2 Å². The molecule has 18 heavy (non-hydrogen) atoms. The molecule has 1 aliphatic carbocycles. The zero-order valence-electron chi connectivity index (χ0n) is 10.4. The minimum atomic E-state index is -0.822. The second kappa shape index (κ2) is 4.11. The molecule has 0 aromatic heterocycles. The van der Waals surface area contributed by atoms with Gasteiger partial charge >= 0.3 is 0 Å². The van der Waals surface area contributed by atoms with Crippen molar-refractivity contribution < 1.29 is 5.11 Å². The average molecular weight is 236 g/mol. The van der Waals surface area contributed by atoms with Gasteiger partial charge < -0.3 is 5.11 Å². The molecule has 0 amide bonds. The Hall–Kier alpha value is -1.86. The first-order valence-corrected chi connectivity index (χ1v) is 6.25. The number of fused-ring (bicyclic) bond motifs is 2. The molecule has 1 N–H and O–H groups in total. The van der Waals surface area contributed by atoms with Crippen molar-refractivity contribution in [3.8, 4) is 0 Å². The maximum Gasteiger partial charge on any atom is 0.0914 e. The summed E-state index contributed by atoms with van der Waals surface area (Å²) >= 11 is 0. The number of benzene rings is 2. The smallest absolute Gasteiger partial charge is 0.0914 e. The second-order valence-corrected chi connectivity index (χ2v) is 5.07. The Morgan fingerprint density at radius 3 is 2.33 bits per heavy atom. The summed E-state index contributed by atoms with van der Waals surface area (Å²) < 4.78 is 0. The molecule has 2 aromatic rings. The van der Waals surface area contributed by atoms with Crippen molar-refractivity contribution in [3.63, 3.8) is 0 Å². The number of hydrogen-bond acceptors (Lipinski definition) is 1. The van der Waals surface area contributed by atoms with E-state index in [1.165, 1.54) is 11.1 Å². The fourth-order valence-electron chi connectivity index (χ4n) is 2.64. The van der Waals surface area contributed by atoms with Crippen LogP contribution in [0.25, 0.3) is 12.2 Å². The monoisotopic (exact) mass is 236 g/mol. The Balaban J connectivity index is 2.22. The normalized spacial score (nSPS) is 23.4. The van der Waals surface area contributed by atoms with E-state index < -0.39 is 5.60 Å². The van der Waals surface area contributed by atoms with E-state index in [1.807, 2.05) is 43.3 Å². The van der Waals surface area contributed by atoms with Gasteiger partial charge in [-0.3, -0.25) is 0 Å². The van der Waals surface area contributed by atoms with Crippen LogP contribution in [0.2, 0.25) is 0 Å². The molecule has 1 aliphatic rings. The number of aliphatic hydroxyl groups is 1. The Labute approximate surface area is 107 Å². The summed E-state index contributed by atoms with van der Waals surface area (Å²) in [7, 11) is 0. The third-order valence-electron chi connectivity index (χ3n) is 3.57. The maximum absolute atomic E-state index is 10.7. The number of rotatable bonds is 0. The highest BCUT2D eigenvalue weighted by Gasteiger charge is 2.27. The minimum absolute atomic E-state index is 0.643. The van der Waals surface area contributed by atoms with Crippen molar-refractivity contribution in [1.29, 1.82) is 0 Å². The Bertz CT molecular complexity index is 609. The summed E-state index contributed by atoms with van der Waals surface area (Å²) in [4.78, 5) is 0. The van der Waals surface area contributed by atoms with Gasteiger partial charge in [0.05, 0.1) is 5.60 Å². The van der Waals surface area contributed by atoms with Crippen LogP contribution in [0.1, 0.15) is 29.2 Å². The van der Waals surface area contributed by atoms with E-state index >= 15 is 0 Å². The van der Waals surface area contributed by atoms with Crippen molar-refractivity contribution in [3.05, 3.63) is 70.8 Å². The molecule has 1 heteroatoms. The lowest BCUT2D eigenvalue weighted by atomic mass is 9.83. The van der Waals surface area contributed by atoms with E-state index in [-0.39, 0.29) is 0 Å². The summed E-state index contributed by atoms with van der Waals surface area (Å²) in [6.07, 6.45) is 4.86. The lowest BCUT2D eigenvalue weighted by Crippen LogP contribution is -2.26. The van der Waals surface area contributed by atoms with Gasteiger partial charge in [0.2, 0.25) is 0 Å². The van der Waals surface area contributed by atoms with Gasteiger partial charge in [-0.15, -0.1) is 0 Å². The topological polar surface area (TPSA) is 20.2 Å². The fraction of sp³-hybridized carbons (Fsp3) is 0.176. The fourth-order valence-corrected chi connectivity index (χ4v) is 2.64. The maximum atomic E-state index is 10.7. The highest BCUT2D eigenvalue weighted by Crippen LogP contribution is 2.32. The van der Waals surface area contributed by atoms with Gasteiger partial charge in [0, 0.05) is 6.42 Å². The molecule has 0 heterocycles. The van der Waals surface area contributed by atoms with E-state index in [0.717, 1.165) is 11.1 Å². The average Bonchev–Trinajstić information content (AvgIpc) is 2.36. The van der Waals surface area contributed by atoms with Gasteiger partial charge in [0.1, 0.15) is 0 Å². The first kappa shape index (κ1) is 11.2. The van der Waals surface area contributed by atoms with Crippen LogP contribution >= 0.6 is 0 Å². The van der Waals surface area contributed by atoms with Gasteiger partial charge in [-0.2, -0.15) is 0 Å². The van der Waals surface area contributed by atoms with E-state index in [4.69, 9.17) is 0 Å². The molecule has 90 valence electrons. The molecule has 0 spiro atoms. The quantitative estimate of drug-likeness (QED) is 0.740. The summed E-state index contributed by atoms with van der Waals surface area (Å²) in [6.45, 7) is 1.89. The Kier molecular flexibility index (Phi) is 2.57. The molecular weight excluding hydrogens is 220 g/mol. The third-order valence-corrected chi connectivity index (χ3v) is 3.57. The zero-order chi connectivity index (χ0) is 12.6. The standard InChI is InChI=1S/C17H16O/c1-17(18)12-15-8-3-2-6-13(15)10-11-14-7-4-5-9-16(14)17/h2-11,18H,12H2,1H3/b11-10-. The Morgan fingerprint density at radius 1 is 0.889 bits per heavy atom. The van der Waals surface area contributed by atoms with E-state index in [0.29, 0.717) is 6.42 Å². The van der Waals surface area contributed by atoms with Crippen molar-refractivity contribution in [2.75, 3.05) is 0 Å². The molecule has 2 aromatic carbocycles. The first-order chi connectivity index (χ1) is 8.67. The molecule has 0 saturated heterocycles. The van der Waals surface area contributed by atoms with Crippen molar-refractivity contribution in [1.82, 2.24) is 0 Å². The van der Waals surface area contributed by atoms with Gasteiger partial charge in [0.25, 0.3) is 0 Å². The summed E-state index contributed by atoms with van der Waals surface area (Å²) in [6, 6.07) is 16.3. The van der Waals surface area contributed by atoms with E-state index in [9.17, 15) is 5.11 Å². The minimum Gasteiger partial charge on any atom is -0.385 e. The highest BCUT2D eigenvalue weighted by molar-refractivity contribution is 5.74. The van der Waals surface area contributed by atoms with Crippen LogP contribution in [0.5, 0.6) is 0 Å². The molecule has 1 atom stereocenters. The lowest BCUT2D eigenvalue weighted by Gasteiger charge is -2.28. The van der Waals surface area contributed by atoms with Crippen LogP contribution < -0.4 is 0 Å². The van der Waals surface area contributed by atoms with Crippen LogP contribution in [0.4, 0.5) is 0 Å². The van der Waals surface area contributed by atoms with Crippen LogP contribution in [0.3, 0.4) is 0 Å². The molecule has 3 rings (SSSR count). The van der Waals surface area contributed by atoms with Crippen LogP contribution in [0.15, 0.2) is 48.5 Å². The van der Waals surface area contributed by atoms with Crippen molar-refractivity contribution in [2.24, 2.45) is 0 Å². The second-order valence-electron chi connectivity index (χ2n) is 5.07. The van der Waals surface area contributed by atoms with Gasteiger partial charge in [-0.1, -0.05) is 60.7 Å². The Morgan fingerprint density at radius 2 is 1.50 bits per heavy atom. The van der Waals surface area contributed by atoms with Gasteiger partial charge in [0.15, 0.2) is 0 Å². The third kappa shape index (κ3) is 1.87. The molecule has 0 bridgehead atoms. The molecule has 1 unspecified atom stereocenters. The molecule has 0 fully saturated rings. The summed E-state index contributed by atoms with van der Waals surface area (Å²) in [5, 5.41) is 10.7. The summed E-state index contributed by atoms with van der Waals surface area (Å²) in [5.74, 6) is 0. The van der Waals surface area contributed by atoms with Crippen molar-refractivity contribution in [2.45, 2.75) is 18.9 Å². The molecule has 0 saturated carbocycles. The summed E-state index contributed by atoms with van der Waals surface area (Å²) in [5.41, 5.74) is 3.64. The largest absolute Gasteiger partial charge is 0.385 e. The molecule has 1 nitrogen and oxygen atoms in total. The first-order valence-electron chi connectivity index (χ1n) is 6.25. The van der Waals surface area contributed by atoms with Crippen molar-refractivity contribution >= 4 is 12.2 Å². The molecule has 0 aliphatic heterocycles. The van der Waals surface area contributed by atoms with E-state index in [1.54, 1.807) is 0 Å². The van der Waals surface area contributed by atoms with Crippen LogP contribution in [0, 0.1) is 0 Å². The van der Waals surface area contributed by atoms with Crippen LogP contribution in [-0.2, 0) is 12.0 Å². The highest BCUT2D eigenvalue weighted by atomic mass is 16.3. The molecule has 0 radical (unpaired) electrons. The zero-order valence-corrected chi connectivity index (χ0v) is 10.4. The SMILES string of the molecule is CC1(O)Cc2ccccc2/C=C\c2ccccc21. The lowest BCUT2D eigenvalue weighted by molar-refractivity contribution is 0.0573.